The van der Waals surface area contributed by atoms with Gasteiger partial charge < -0.3 is 10.1 Å². The highest BCUT2D eigenvalue weighted by atomic mass is 35.5. The fraction of sp³-hybridized carbons (Fsp3) is 0.143. The molecule has 1 atom stereocenters. The lowest BCUT2D eigenvalue weighted by Gasteiger charge is -2.12. The standard InChI is InChI=1S/C14H12ClNO3S/c1-9(16-13(17)12-3-2-8-20-12)14(18)19-11-6-4-10(15)5-7-11/h2-9H,1H3,(H,16,17). The van der Waals surface area contributed by atoms with Gasteiger partial charge in [0.1, 0.15) is 11.8 Å². The Bertz CT molecular complexity index is 595. The Morgan fingerprint density at radius 3 is 2.55 bits per heavy atom. The van der Waals surface area contributed by atoms with Crippen LogP contribution in [0.15, 0.2) is 41.8 Å². The SMILES string of the molecule is CC(NC(=O)c1cccs1)C(=O)Oc1ccc(Cl)cc1. The monoisotopic (exact) mass is 309 g/mol. The van der Waals surface area contributed by atoms with Gasteiger partial charge in [-0.3, -0.25) is 4.79 Å². The highest BCUT2D eigenvalue weighted by molar-refractivity contribution is 7.12. The summed E-state index contributed by atoms with van der Waals surface area (Å²) in [5, 5.41) is 4.94. The van der Waals surface area contributed by atoms with Gasteiger partial charge in [-0.25, -0.2) is 4.79 Å². The number of nitrogens with one attached hydrogen (secondary N) is 1. The largest absolute Gasteiger partial charge is 0.425 e. The summed E-state index contributed by atoms with van der Waals surface area (Å²) >= 11 is 7.05. The molecule has 0 spiro atoms. The van der Waals surface area contributed by atoms with Crippen molar-refractivity contribution in [2.45, 2.75) is 13.0 Å². The molecule has 1 N–H and O–H groups in total. The van der Waals surface area contributed by atoms with Crippen LogP contribution in [0.3, 0.4) is 0 Å². The van der Waals surface area contributed by atoms with E-state index in [-0.39, 0.29) is 5.91 Å². The molecule has 1 aromatic heterocycles. The molecular weight excluding hydrogens is 298 g/mol. The van der Waals surface area contributed by atoms with Crippen molar-refractivity contribution in [3.05, 3.63) is 51.7 Å². The molecule has 0 radical (unpaired) electrons. The number of esters is 1. The maximum atomic E-state index is 11.8. The van der Waals surface area contributed by atoms with Gasteiger partial charge in [-0.1, -0.05) is 17.7 Å². The molecule has 0 saturated heterocycles. The predicted octanol–water partition coefficient (Wildman–Crippen LogP) is 3.13. The van der Waals surface area contributed by atoms with E-state index in [0.717, 1.165) is 0 Å². The Morgan fingerprint density at radius 2 is 1.95 bits per heavy atom. The van der Waals surface area contributed by atoms with E-state index in [4.69, 9.17) is 16.3 Å². The van der Waals surface area contributed by atoms with Gasteiger partial charge in [-0.2, -0.15) is 0 Å². The second kappa shape index (κ2) is 6.54. The van der Waals surface area contributed by atoms with E-state index < -0.39 is 12.0 Å². The third kappa shape index (κ3) is 3.82. The minimum atomic E-state index is -0.736. The van der Waals surface area contributed by atoms with Crippen molar-refractivity contribution in [1.82, 2.24) is 5.32 Å². The first-order valence-corrected chi connectivity index (χ1v) is 7.13. The van der Waals surface area contributed by atoms with Crippen LogP contribution in [0.25, 0.3) is 0 Å². The minimum Gasteiger partial charge on any atom is -0.425 e. The molecule has 6 heteroatoms. The van der Waals surface area contributed by atoms with Gasteiger partial charge in [-0.15, -0.1) is 11.3 Å². The first-order chi connectivity index (χ1) is 9.56. The van der Waals surface area contributed by atoms with Crippen LogP contribution >= 0.6 is 22.9 Å². The maximum absolute atomic E-state index is 11.8. The van der Waals surface area contributed by atoms with Gasteiger partial charge in [0.2, 0.25) is 0 Å². The van der Waals surface area contributed by atoms with Crippen LogP contribution in [0.4, 0.5) is 0 Å². The van der Waals surface area contributed by atoms with Gasteiger partial charge in [0, 0.05) is 5.02 Å². The smallest absolute Gasteiger partial charge is 0.333 e. The van der Waals surface area contributed by atoms with Crippen LogP contribution in [-0.2, 0) is 4.79 Å². The van der Waals surface area contributed by atoms with Gasteiger partial charge in [0.05, 0.1) is 4.88 Å². The fourth-order valence-corrected chi connectivity index (χ4v) is 2.19. The molecule has 20 heavy (non-hydrogen) atoms. The van der Waals surface area contributed by atoms with Crippen LogP contribution in [0, 0.1) is 0 Å². The topological polar surface area (TPSA) is 55.4 Å². The molecule has 0 fully saturated rings. The molecule has 1 amide bonds. The Balaban J connectivity index is 1.92. The first kappa shape index (κ1) is 14.6. The zero-order chi connectivity index (χ0) is 14.5. The van der Waals surface area contributed by atoms with Gasteiger partial charge in [-0.05, 0) is 42.6 Å². The van der Waals surface area contributed by atoms with E-state index in [9.17, 15) is 9.59 Å². The molecule has 1 aromatic carbocycles. The van der Waals surface area contributed by atoms with E-state index in [1.807, 2.05) is 0 Å². The summed E-state index contributed by atoms with van der Waals surface area (Å²) in [6.07, 6.45) is 0. The van der Waals surface area contributed by atoms with E-state index in [0.29, 0.717) is 15.6 Å². The summed E-state index contributed by atoms with van der Waals surface area (Å²) in [5.41, 5.74) is 0. The molecule has 2 rings (SSSR count). The number of carbonyl (C=O) groups is 2. The summed E-state index contributed by atoms with van der Waals surface area (Å²) in [6.45, 7) is 1.57. The maximum Gasteiger partial charge on any atom is 0.333 e. The van der Waals surface area contributed by atoms with Crippen molar-refractivity contribution >= 4 is 34.8 Å². The van der Waals surface area contributed by atoms with Gasteiger partial charge >= 0.3 is 5.97 Å². The van der Waals surface area contributed by atoms with Gasteiger partial charge in [0.25, 0.3) is 5.91 Å². The number of benzene rings is 1. The highest BCUT2D eigenvalue weighted by Crippen LogP contribution is 2.16. The van der Waals surface area contributed by atoms with E-state index in [1.54, 1.807) is 48.7 Å². The molecule has 104 valence electrons. The Labute approximate surface area is 125 Å². The summed E-state index contributed by atoms with van der Waals surface area (Å²) in [6, 6.07) is 9.16. The number of hydrogen-bond acceptors (Lipinski definition) is 4. The molecule has 4 nitrogen and oxygen atoms in total. The molecule has 2 aromatic rings. The summed E-state index contributed by atoms with van der Waals surface area (Å²) in [7, 11) is 0. The van der Waals surface area contributed by atoms with Crippen molar-refractivity contribution in [3.63, 3.8) is 0 Å². The average Bonchev–Trinajstić information content (AvgIpc) is 2.95. The van der Waals surface area contributed by atoms with Crippen LogP contribution in [0.1, 0.15) is 16.6 Å². The van der Waals surface area contributed by atoms with E-state index in [2.05, 4.69) is 5.32 Å². The second-order valence-electron chi connectivity index (χ2n) is 4.05. The van der Waals surface area contributed by atoms with E-state index >= 15 is 0 Å². The van der Waals surface area contributed by atoms with Crippen molar-refractivity contribution in [3.8, 4) is 5.75 Å². The van der Waals surface area contributed by atoms with E-state index in [1.165, 1.54) is 11.3 Å². The molecule has 0 aliphatic rings. The minimum absolute atomic E-state index is 0.291. The van der Waals surface area contributed by atoms with Crippen LogP contribution < -0.4 is 10.1 Å². The third-order valence-electron chi connectivity index (χ3n) is 2.48. The van der Waals surface area contributed by atoms with Crippen LogP contribution in [0.5, 0.6) is 5.75 Å². The number of ether oxygens (including phenoxy) is 1. The lowest BCUT2D eigenvalue weighted by atomic mass is 10.3. The number of hydrogen-bond donors (Lipinski definition) is 1. The number of rotatable bonds is 4. The normalized spacial score (nSPS) is 11.7. The Hall–Kier alpha value is -1.85. The number of amides is 1. The first-order valence-electron chi connectivity index (χ1n) is 5.88. The zero-order valence-corrected chi connectivity index (χ0v) is 12.2. The fourth-order valence-electron chi connectivity index (χ4n) is 1.44. The van der Waals surface area contributed by atoms with Crippen molar-refractivity contribution in [2.75, 3.05) is 0 Å². The summed E-state index contributed by atoms with van der Waals surface area (Å²) in [5.74, 6) is -0.436. The summed E-state index contributed by atoms with van der Waals surface area (Å²) in [4.78, 5) is 24.2. The lowest BCUT2D eigenvalue weighted by molar-refractivity contribution is -0.136. The van der Waals surface area contributed by atoms with Gasteiger partial charge in [0.15, 0.2) is 0 Å². The third-order valence-corrected chi connectivity index (χ3v) is 3.60. The van der Waals surface area contributed by atoms with Crippen LogP contribution in [0.2, 0.25) is 5.02 Å². The molecule has 1 heterocycles. The van der Waals surface area contributed by atoms with Crippen LogP contribution in [-0.4, -0.2) is 17.9 Å². The lowest BCUT2D eigenvalue weighted by Crippen LogP contribution is -2.40. The molecule has 1 unspecified atom stereocenters. The summed E-state index contributed by atoms with van der Waals surface area (Å²) < 4.78 is 5.14. The number of halogens is 1. The Kier molecular flexibility index (Phi) is 4.76. The molecule has 0 saturated carbocycles. The Morgan fingerprint density at radius 1 is 1.25 bits per heavy atom. The number of carbonyl (C=O) groups excluding carboxylic acids is 2. The van der Waals surface area contributed by atoms with Crippen molar-refractivity contribution in [1.29, 1.82) is 0 Å². The number of thiophene rings is 1. The zero-order valence-electron chi connectivity index (χ0n) is 10.6. The molecule has 0 aliphatic heterocycles. The average molecular weight is 310 g/mol. The highest BCUT2D eigenvalue weighted by Gasteiger charge is 2.19. The molecule has 0 bridgehead atoms. The quantitative estimate of drug-likeness (QED) is 0.697. The molecular formula is C14H12ClNO3S. The molecule has 0 aliphatic carbocycles. The van der Waals surface area contributed by atoms with Crippen molar-refractivity contribution in [2.24, 2.45) is 0 Å². The van der Waals surface area contributed by atoms with Crippen molar-refractivity contribution < 1.29 is 14.3 Å². The second-order valence-corrected chi connectivity index (χ2v) is 5.43. The predicted molar refractivity (Wildman–Crippen MR) is 78.3 cm³/mol.